The SMILES string of the molecule is COc1cc(OC)cc(-n2c(-c3snnc3-c3ccccc3)n[nH]c2=S)c1. The van der Waals surface area contributed by atoms with Crippen molar-refractivity contribution in [3.8, 4) is 39.1 Å². The van der Waals surface area contributed by atoms with Crippen LogP contribution in [0.2, 0.25) is 0 Å². The fourth-order valence-corrected chi connectivity index (χ4v) is 3.64. The summed E-state index contributed by atoms with van der Waals surface area (Å²) >= 11 is 6.74. The number of nitrogens with one attached hydrogen (secondary N) is 1. The number of aromatic amines is 1. The van der Waals surface area contributed by atoms with Gasteiger partial charge < -0.3 is 9.47 Å². The molecule has 2 aromatic heterocycles. The number of benzene rings is 2. The molecule has 1 N–H and O–H groups in total. The lowest BCUT2D eigenvalue weighted by Crippen LogP contribution is -1.99. The molecule has 0 bridgehead atoms. The zero-order valence-corrected chi connectivity index (χ0v) is 16.2. The number of aromatic nitrogens is 5. The maximum absolute atomic E-state index is 5.47. The van der Waals surface area contributed by atoms with E-state index in [9.17, 15) is 0 Å². The van der Waals surface area contributed by atoms with Crippen molar-refractivity contribution >= 4 is 23.8 Å². The largest absolute Gasteiger partial charge is 0.497 e. The van der Waals surface area contributed by atoms with Gasteiger partial charge in [0.25, 0.3) is 0 Å². The molecule has 0 saturated carbocycles. The highest BCUT2D eigenvalue weighted by Crippen LogP contribution is 2.34. The number of ether oxygens (including phenoxy) is 2. The monoisotopic (exact) mass is 397 g/mol. The van der Waals surface area contributed by atoms with E-state index in [1.165, 1.54) is 11.5 Å². The Bertz CT molecular complexity index is 1110. The van der Waals surface area contributed by atoms with Crippen LogP contribution in [0.15, 0.2) is 48.5 Å². The maximum Gasteiger partial charge on any atom is 0.200 e. The highest BCUT2D eigenvalue weighted by molar-refractivity contribution is 7.71. The highest BCUT2D eigenvalue weighted by atomic mass is 32.1. The third-order valence-electron chi connectivity index (χ3n) is 4.01. The van der Waals surface area contributed by atoms with E-state index in [-0.39, 0.29) is 0 Å². The topological polar surface area (TPSA) is 77.8 Å². The van der Waals surface area contributed by atoms with Crippen LogP contribution in [0.5, 0.6) is 11.5 Å². The van der Waals surface area contributed by atoms with Crippen LogP contribution in [0.25, 0.3) is 27.6 Å². The second kappa shape index (κ2) is 7.29. The molecule has 4 rings (SSSR count). The van der Waals surface area contributed by atoms with E-state index in [4.69, 9.17) is 21.7 Å². The van der Waals surface area contributed by atoms with Crippen LogP contribution in [-0.2, 0) is 0 Å². The van der Waals surface area contributed by atoms with Crippen molar-refractivity contribution in [1.29, 1.82) is 0 Å². The van der Waals surface area contributed by atoms with Crippen LogP contribution in [0.3, 0.4) is 0 Å². The molecular weight excluding hydrogens is 382 g/mol. The lowest BCUT2D eigenvalue weighted by Gasteiger charge is -2.11. The Morgan fingerprint density at radius 1 is 1.04 bits per heavy atom. The maximum atomic E-state index is 5.47. The van der Waals surface area contributed by atoms with Gasteiger partial charge in [-0.3, -0.25) is 9.67 Å². The van der Waals surface area contributed by atoms with E-state index in [1.807, 2.05) is 47.0 Å². The minimum Gasteiger partial charge on any atom is -0.497 e. The molecule has 0 amide bonds. The smallest absolute Gasteiger partial charge is 0.200 e. The fourth-order valence-electron chi connectivity index (χ4n) is 2.73. The van der Waals surface area contributed by atoms with Gasteiger partial charge in [-0.1, -0.05) is 34.8 Å². The third kappa shape index (κ3) is 3.22. The number of hydrogen-bond acceptors (Lipinski definition) is 7. The van der Waals surface area contributed by atoms with Crippen LogP contribution in [0, 0.1) is 4.77 Å². The zero-order valence-electron chi connectivity index (χ0n) is 14.5. The molecule has 0 aliphatic heterocycles. The Hall–Kier alpha value is -3.04. The number of methoxy groups -OCH3 is 2. The van der Waals surface area contributed by atoms with Crippen molar-refractivity contribution in [1.82, 2.24) is 24.4 Å². The van der Waals surface area contributed by atoms with Crippen molar-refractivity contribution in [2.24, 2.45) is 0 Å². The molecular formula is C18H15N5O2S2. The summed E-state index contributed by atoms with van der Waals surface area (Å²) in [5.74, 6) is 1.94. The van der Waals surface area contributed by atoms with Gasteiger partial charge in [-0.2, -0.15) is 5.10 Å². The van der Waals surface area contributed by atoms with Gasteiger partial charge in [0.05, 0.1) is 19.9 Å². The second-order valence-electron chi connectivity index (χ2n) is 5.58. The van der Waals surface area contributed by atoms with Crippen LogP contribution in [0.1, 0.15) is 0 Å². The second-order valence-corrected chi connectivity index (χ2v) is 6.72. The zero-order chi connectivity index (χ0) is 18.8. The Balaban J connectivity index is 1.91. The number of hydrogen-bond donors (Lipinski definition) is 1. The van der Waals surface area contributed by atoms with E-state index in [0.717, 1.165) is 21.8 Å². The average molecular weight is 397 g/mol. The summed E-state index contributed by atoms with van der Waals surface area (Å²) in [6, 6.07) is 15.4. The van der Waals surface area contributed by atoms with Gasteiger partial charge in [0.1, 0.15) is 22.1 Å². The number of nitrogens with zero attached hydrogens (tertiary/aromatic N) is 4. The Labute approximate surface area is 164 Å². The van der Waals surface area contributed by atoms with Gasteiger partial charge in [0, 0.05) is 23.8 Å². The Morgan fingerprint density at radius 2 is 1.74 bits per heavy atom. The molecule has 2 aromatic carbocycles. The minimum atomic E-state index is 0.452. The molecule has 0 radical (unpaired) electrons. The van der Waals surface area contributed by atoms with Gasteiger partial charge >= 0.3 is 0 Å². The number of rotatable bonds is 5. The van der Waals surface area contributed by atoms with E-state index < -0.39 is 0 Å². The quantitative estimate of drug-likeness (QED) is 0.510. The van der Waals surface area contributed by atoms with Gasteiger partial charge in [-0.05, 0) is 23.8 Å². The molecule has 0 aliphatic rings. The summed E-state index contributed by atoms with van der Waals surface area (Å²) in [5.41, 5.74) is 2.49. The molecule has 27 heavy (non-hydrogen) atoms. The first-order chi connectivity index (χ1) is 13.2. The average Bonchev–Trinajstić information content (AvgIpc) is 3.34. The summed E-state index contributed by atoms with van der Waals surface area (Å²) in [6.45, 7) is 0. The molecule has 0 aliphatic carbocycles. The summed E-state index contributed by atoms with van der Waals surface area (Å²) in [5, 5.41) is 11.6. The number of H-pyrrole nitrogens is 1. The molecule has 0 spiro atoms. The van der Waals surface area contributed by atoms with E-state index in [2.05, 4.69) is 19.8 Å². The van der Waals surface area contributed by atoms with Gasteiger partial charge in [0.15, 0.2) is 10.6 Å². The fraction of sp³-hybridized carbons (Fsp3) is 0.111. The van der Waals surface area contributed by atoms with Crippen LogP contribution in [-0.4, -0.2) is 38.6 Å². The lowest BCUT2D eigenvalue weighted by atomic mass is 10.1. The Kier molecular flexibility index (Phi) is 4.69. The van der Waals surface area contributed by atoms with Crippen molar-refractivity contribution in [2.45, 2.75) is 0 Å². The van der Waals surface area contributed by atoms with E-state index in [0.29, 0.717) is 22.1 Å². The minimum absolute atomic E-state index is 0.452. The van der Waals surface area contributed by atoms with E-state index >= 15 is 0 Å². The molecule has 7 nitrogen and oxygen atoms in total. The first kappa shape index (κ1) is 17.4. The molecule has 2 heterocycles. The van der Waals surface area contributed by atoms with Crippen LogP contribution in [0.4, 0.5) is 0 Å². The van der Waals surface area contributed by atoms with Gasteiger partial charge in [-0.25, -0.2) is 0 Å². The summed E-state index contributed by atoms with van der Waals surface area (Å²) in [6.07, 6.45) is 0. The summed E-state index contributed by atoms with van der Waals surface area (Å²) in [4.78, 5) is 0.815. The molecule has 0 unspecified atom stereocenters. The van der Waals surface area contributed by atoms with Gasteiger partial charge in [-0.15, -0.1) is 5.10 Å². The van der Waals surface area contributed by atoms with Gasteiger partial charge in [0.2, 0.25) is 0 Å². The normalized spacial score (nSPS) is 10.7. The van der Waals surface area contributed by atoms with Crippen molar-refractivity contribution in [2.75, 3.05) is 14.2 Å². The van der Waals surface area contributed by atoms with Crippen LogP contribution < -0.4 is 9.47 Å². The highest BCUT2D eigenvalue weighted by Gasteiger charge is 2.20. The van der Waals surface area contributed by atoms with Crippen molar-refractivity contribution < 1.29 is 9.47 Å². The predicted octanol–water partition coefficient (Wildman–Crippen LogP) is 4.13. The molecule has 0 fully saturated rings. The van der Waals surface area contributed by atoms with Crippen molar-refractivity contribution in [3.05, 3.63) is 53.3 Å². The molecule has 9 heteroatoms. The summed E-state index contributed by atoms with van der Waals surface area (Å²) in [7, 11) is 3.21. The first-order valence-electron chi connectivity index (χ1n) is 8.00. The van der Waals surface area contributed by atoms with E-state index in [1.54, 1.807) is 20.3 Å². The standard InChI is InChI=1S/C18H15N5O2S2/c1-24-13-8-12(9-14(10-13)25-2)23-17(20-21-18(23)26)16-15(19-22-27-16)11-6-4-3-5-7-11/h3-10H,1-2H3,(H,21,26). The summed E-state index contributed by atoms with van der Waals surface area (Å²) < 4.78 is 17.2. The van der Waals surface area contributed by atoms with Crippen molar-refractivity contribution in [3.63, 3.8) is 0 Å². The molecule has 4 aromatic rings. The molecule has 0 atom stereocenters. The van der Waals surface area contributed by atoms with Crippen LogP contribution >= 0.6 is 23.8 Å². The first-order valence-corrected chi connectivity index (χ1v) is 9.18. The lowest BCUT2D eigenvalue weighted by molar-refractivity contribution is 0.394. The predicted molar refractivity (Wildman–Crippen MR) is 106 cm³/mol. The Morgan fingerprint density at radius 3 is 2.41 bits per heavy atom. The third-order valence-corrected chi connectivity index (χ3v) is 5.00. The molecule has 0 saturated heterocycles. The molecule has 136 valence electrons.